The molecule has 0 saturated carbocycles. The molecular formula is C5H10N2O3. The summed E-state index contributed by atoms with van der Waals surface area (Å²) in [6, 6.07) is -0.657. The van der Waals surface area contributed by atoms with Gasteiger partial charge in [-0.25, -0.2) is 0 Å². The number of nitrogens with two attached hydrogens (primary N) is 2. The molecule has 0 aliphatic rings. The fourth-order valence-electron chi connectivity index (χ4n) is 0.555. The average Bonchev–Trinajstić information content (AvgIpc) is 1.58. The van der Waals surface area contributed by atoms with Gasteiger partial charge >= 0.3 is 5.97 Å². The lowest BCUT2D eigenvalue weighted by Gasteiger charge is -2.03. The SMILES string of the molecule is NC(=O)C[C@H](N)CC(=O)O. The fourth-order valence-corrected chi connectivity index (χ4v) is 0.555. The zero-order valence-corrected chi connectivity index (χ0v) is 5.41. The van der Waals surface area contributed by atoms with Gasteiger partial charge in [0.25, 0.3) is 0 Å². The van der Waals surface area contributed by atoms with E-state index in [1.807, 2.05) is 0 Å². The van der Waals surface area contributed by atoms with Crippen molar-refractivity contribution in [2.75, 3.05) is 0 Å². The summed E-state index contributed by atoms with van der Waals surface area (Å²) in [5.74, 6) is -1.59. The van der Waals surface area contributed by atoms with Crippen molar-refractivity contribution in [3.8, 4) is 0 Å². The molecule has 10 heavy (non-hydrogen) atoms. The Morgan fingerprint density at radius 3 is 2.20 bits per heavy atom. The Hall–Kier alpha value is -1.10. The molecule has 1 amide bonds. The normalized spacial score (nSPS) is 12.5. The molecule has 58 valence electrons. The lowest BCUT2D eigenvalue weighted by Crippen LogP contribution is -2.29. The molecule has 0 bridgehead atoms. The molecular weight excluding hydrogens is 136 g/mol. The Bertz CT molecular complexity index is 130. The van der Waals surface area contributed by atoms with Gasteiger partial charge < -0.3 is 16.6 Å². The van der Waals surface area contributed by atoms with Gasteiger partial charge in [0, 0.05) is 12.5 Å². The van der Waals surface area contributed by atoms with E-state index in [1.165, 1.54) is 0 Å². The van der Waals surface area contributed by atoms with Crippen LogP contribution in [0.1, 0.15) is 12.8 Å². The first-order valence-electron chi connectivity index (χ1n) is 2.78. The maximum atomic E-state index is 10.1. The molecule has 0 fully saturated rings. The monoisotopic (exact) mass is 146 g/mol. The highest BCUT2D eigenvalue weighted by Gasteiger charge is 2.09. The summed E-state index contributed by atoms with van der Waals surface area (Å²) in [5.41, 5.74) is 9.95. The zero-order chi connectivity index (χ0) is 8.15. The largest absolute Gasteiger partial charge is 0.481 e. The number of carbonyl (C=O) groups excluding carboxylic acids is 1. The van der Waals surface area contributed by atoms with Crippen LogP contribution in [0.5, 0.6) is 0 Å². The summed E-state index contributed by atoms with van der Waals surface area (Å²) in [6.45, 7) is 0. The van der Waals surface area contributed by atoms with Gasteiger partial charge in [-0.1, -0.05) is 0 Å². The van der Waals surface area contributed by atoms with E-state index >= 15 is 0 Å². The molecule has 0 aliphatic heterocycles. The van der Waals surface area contributed by atoms with Crippen LogP contribution < -0.4 is 11.5 Å². The van der Waals surface area contributed by atoms with E-state index in [0.717, 1.165) is 0 Å². The van der Waals surface area contributed by atoms with Gasteiger partial charge in [-0.3, -0.25) is 9.59 Å². The Labute approximate surface area is 58.0 Å². The minimum Gasteiger partial charge on any atom is -0.481 e. The molecule has 0 saturated heterocycles. The summed E-state index contributed by atoms with van der Waals surface area (Å²) >= 11 is 0. The van der Waals surface area contributed by atoms with Gasteiger partial charge in [0.05, 0.1) is 6.42 Å². The lowest BCUT2D eigenvalue weighted by atomic mass is 10.1. The van der Waals surface area contributed by atoms with Gasteiger partial charge in [-0.05, 0) is 0 Å². The van der Waals surface area contributed by atoms with Crippen molar-refractivity contribution < 1.29 is 14.7 Å². The highest BCUT2D eigenvalue weighted by molar-refractivity contribution is 5.76. The molecule has 0 unspecified atom stereocenters. The minimum atomic E-state index is -1.02. The summed E-state index contributed by atoms with van der Waals surface area (Å²) in [5, 5.41) is 8.16. The first kappa shape index (κ1) is 8.90. The first-order chi connectivity index (χ1) is 4.52. The van der Waals surface area contributed by atoms with E-state index in [2.05, 4.69) is 0 Å². The Balaban J connectivity index is 3.53. The molecule has 1 atom stereocenters. The summed E-state index contributed by atoms with van der Waals surface area (Å²) in [4.78, 5) is 20.1. The average molecular weight is 146 g/mol. The smallest absolute Gasteiger partial charge is 0.304 e. The number of carboxylic acid groups (broad SMARTS) is 1. The van der Waals surface area contributed by atoms with Crippen LogP contribution in [0.25, 0.3) is 0 Å². The molecule has 5 heteroatoms. The highest BCUT2D eigenvalue weighted by Crippen LogP contribution is 1.92. The van der Waals surface area contributed by atoms with Crippen molar-refractivity contribution in [3.05, 3.63) is 0 Å². The van der Waals surface area contributed by atoms with Crippen molar-refractivity contribution in [2.24, 2.45) is 11.5 Å². The minimum absolute atomic E-state index is 0.0771. The molecule has 0 aliphatic carbocycles. The number of amides is 1. The molecule has 0 radical (unpaired) electrons. The van der Waals surface area contributed by atoms with E-state index in [0.29, 0.717) is 0 Å². The topological polar surface area (TPSA) is 106 Å². The van der Waals surface area contributed by atoms with Crippen molar-refractivity contribution in [1.82, 2.24) is 0 Å². The third-order valence-electron chi connectivity index (χ3n) is 0.900. The summed E-state index contributed by atoms with van der Waals surface area (Å²) in [7, 11) is 0. The molecule has 0 spiro atoms. The predicted octanol–water partition coefficient (Wildman–Crippen LogP) is -1.34. The van der Waals surface area contributed by atoms with Gasteiger partial charge in [0.1, 0.15) is 0 Å². The van der Waals surface area contributed by atoms with E-state index in [1.54, 1.807) is 0 Å². The number of hydrogen-bond acceptors (Lipinski definition) is 3. The molecule has 5 N–H and O–H groups in total. The number of carboxylic acids is 1. The zero-order valence-electron chi connectivity index (χ0n) is 5.41. The van der Waals surface area contributed by atoms with Gasteiger partial charge in [0.15, 0.2) is 0 Å². The van der Waals surface area contributed by atoms with Gasteiger partial charge in [-0.2, -0.15) is 0 Å². The van der Waals surface area contributed by atoms with Crippen LogP contribution in [0.3, 0.4) is 0 Å². The second-order valence-electron chi connectivity index (χ2n) is 2.03. The highest BCUT2D eigenvalue weighted by atomic mass is 16.4. The van der Waals surface area contributed by atoms with Crippen LogP contribution in [0.4, 0.5) is 0 Å². The standard InChI is InChI=1S/C5H10N2O3/c6-3(1-4(7)8)2-5(9)10/h3H,1-2,6H2,(H2,7,8)(H,9,10)/t3-/m0/s1. The van der Waals surface area contributed by atoms with E-state index in [9.17, 15) is 9.59 Å². The second-order valence-corrected chi connectivity index (χ2v) is 2.03. The molecule has 0 rings (SSSR count). The maximum absolute atomic E-state index is 10.1. The molecule has 0 aromatic rings. The summed E-state index contributed by atoms with van der Waals surface area (Å²) in [6.07, 6.45) is -0.296. The molecule has 0 aromatic carbocycles. The Morgan fingerprint density at radius 1 is 1.40 bits per heavy atom. The van der Waals surface area contributed by atoms with Crippen LogP contribution in [-0.4, -0.2) is 23.0 Å². The van der Waals surface area contributed by atoms with Crippen molar-refractivity contribution in [2.45, 2.75) is 18.9 Å². The third-order valence-corrected chi connectivity index (χ3v) is 0.900. The van der Waals surface area contributed by atoms with Crippen LogP contribution in [-0.2, 0) is 9.59 Å². The van der Waals surface area contributed by atoms with Crippen molar-refractivity contribution in [3.63, 3.8) is 0 Å². The summed E-state index contributed by atoms with van der Waals surface area (Å²) < 4.78 is 0. The number of rotatable bonds is 4. The Kier molecular flexibility index (Phi) is 3.42. The second kappa shape index (κ2) is 3.84. The van der Waals surface area contributed by atoms with Gasteiger partial charge in [-0.15, -0.1) is 0 Å². The quantitative estimate of drug-likeness (QED) is 0.456. The number of hydrogen-bond donors (Lipinski definition) is 3. The number of aliphatic carboxylic acids is 1. The molecule has 0 heterocycles. The third kappa shape index (κ3) is 5.04. The maximum Gasteiger partial charge on any atom is 0.304 e. The van der Waals surface area contributed by atoms with E-state index < -0.39 is 17.9 Å². The van der Waals surface area contributed by atoms with Crippen molar-refractivity contribution >= 4 is 11.9 Å². The van der Waals surface area contributed by atoms with Gasteiger partial charge in [0.2, 0.25) is 5.91 Å². The number of primary amides is 1. The lowest BCUT2D eigenvalue weighted by molar-refractivity contribution is -0.137. The van der Waals surface area contributed by atoms with Crippen LogP contribution in [0, 0.1) is 0 Å². The van der Waals surface area contributed by atoms with Crippen LogP contribution in [0.15, 0.2) is 0 Å². The van der Waals surface area contributed by atoms with E-state index in [4.69, 9.17) is 16.6 Å². The van der Waals surface area contributed by atoms with Crippen LogP contribution >= 0.6 is 0 Å². The Morgan fingerprint density at radius 2 is 1.90 bits per heavy atom. The van der Waals surface area contributed by atoms with Crippen LogP contribution in [0.2, 0.25) is 0 Å². The first-order valence-corrected chi connectivity index (χ1v) is 2.78. The molecule has 0 aromatic heterocycles. The fraction of sp³-hybridized carbons (Fsp3) is 0.600. The predicted molar refractivity (Wildman–Crippen MR) is 34.0 cm³/mol. The van der Waals surface area contributed by atoms with E-state index in [-0.39, 0.29) is 12.8 Å². The number of carbonyl (C=O) groups is 2. The molecule has 5 nitrogen and oxygen atoms in total. The van der Waals surface area contributed by atoms with Crippen molar-refractivity contribution in [1.29, 1.82) is 0 Å².